The van der Waals surface area contributed by atoms with Crippen molar-refractivity contribution in [3.8, 4) is 11.1 Å². The number of fused-ring (bicyclic) bond motifs is 1. The molecule has 0 aliphatic carbocycles. The van der Waals surface area contributed by atoms with Crippen molar-refractivity contribution in [2.75, 3.05) is 20.7 Å². The van der Waals surface area contributed by atoms with Crippen LogP contribution in [0.3, 0.4) is 0 Å². The summed E-state index contributed by atoms with van der Waals surface area (Å²) in [7, 11) is 3.40. The van der Waals surface area contributed by atoms with E-state index in [0.717, 1.165) is 28.8 Å². The van der Waals surface area contributed by atoms with E-state index in [-0.39, 0.29) is 18.2 Å². The Morgan fingerprint density at radius 1 is 1.10 bits per heavy atom. The quantitative estimate of drug-likeness (QED) is 0.579. The van der Waals surface area contributed by atoms with E-state index >= 15 is 0 Å². The number of carbonyl (C=O) groups excluding carboxylic acids is 2. The Labute approximate surface area is 176 Å². The average molecular weight is 409 g/mol. The van der Waals surface area contributed by atoms with Gasteiger partial charge in [0, 0.05) is 19.8 Å². The highest BCUT2D eigenvalue weighted by Gasteiger charge is 2.27. The van der Waals surface area contributed by atoms with E-state index in [4.69, 9.17) is 4.74 Å². The first-order chi connectivity index (χ1) is 14.3. The molecule has 3 aromatic rings. The van der Waals surface area contributed by atoms with E-state index in [1.165, 1.54) is 4.90 Å². The highest BCUT2D eigenvalue weighted by Crippen LogP contribution is 2.34. The van der Waals surface area contributed by atoms with Crippen molar-refractivity contribution < 1.29 is 14.3 Å². The van der Waals surface area contributed by atoms with E-state index in [0.29, 0.717) is 23.3 Å². The molecule has 158 valence electrons. The largest absolute Gasteiger partial charge is 0.461 e. The van der Waals surface area contributed by atoms with Gasteiger partial charge >= 0.3 is 5.97 Å². The van der Waals surface area contributed by atoms with Crippen LogP contribution in [-0.2, 0) is 11.2 Å². The lowest BCUT2D eigenvalue weighted by Gasteiger charge is -2.13. The molecular formula is C23H28N4O3. The van der Waals surface area contributed by atoms with Crippen LogP contribution < -0.4 is 0 Å². The zero-order valence-corrected chi connectivity index (χ0v) is 18.4. The van der Waals surface area contributed by atoms with Gasteiger partial charge in [-0.15, -0.1) is 0 Å². The number of carbonyl (C=O) groups is 2. The van der Waals surface area contributed by atoms with Crippen LogP contribution in [0.2, 0.25) is 0 Å². The third-order valence-corrected chi connectivity index (χ3v) is 4.99. The summed E-state index contributed by atoms with van der Waals surface area (Å²) in [4.78, 5) is 31.7. The summed E-state index contributed by atoms with van der Waals surface area (Å²) < 4.78 is 6.89. The number of ether oxygens (including phenoxy) is 1. The second-order valence-corrected chi connectivity index (χ2v) is 7.53. The van der Waals surface area contributed by atoms with Crippen molar-refractivity contribution in [1.82, 2.24) is 19.5 Å². The molecule has 0 spiro atoms. The third-order valence-electron chi connectivity index (χ3n) is 4.99. The lowest BCUT2D eigenvalue weighted by molar-refractivity contribution is 0.0519. The Morgan fingerprint density at radius 3 is 2.33 bits per heavy atom. The zero-order chi connectivity index (χ0) is 22.0. The smallest absolute Gasteiger partial charge is 0.357 e. The molecule has 3 rings (SSSR count). The van der Waals surface area contributed by atoms with Gasteiger partial charge in [0.05, 0.1) is 12.2 Å². The maximum absolute atomic E-state index is 13.1. The lowest BCUT2D eigenvalue weighted by atomic mass is 9.95. The van der Waals surface area contributed by atoms with Gasteiger partial charge in [0.15, 0.2) is 17.0 Å². The van der Waals surface area contributed by atoms with Gasteiger partial charge in [-0.2, -0.15) is 5.10 Å². The standard InChI is InChI=1S/C23H28N4O3/c1-7-10-16-13-17(23(29)30-8-2)24-21-19(18-14(3)11-9-12-15(18)4)20(25-27(16)21)22(28)26(5)6/h9,11-13H,7-8,10H2,1-6H3. The van der Waals surface area contributed by atoms with Gasteiger partial charge in [0.1, 0.15) is 0 Å². The molecule has 0 aliphatic rings. The highest BCUT2D eigenvalue weighted by molar-refractivity contribution is 6.04. The summed E-state index contributed by atoms with van der Waals surface area (Å²) in [5.41, 5.74) is 5.44. The van der Waals surface area contributed by atoms with Crippen molar-refractivity contribution in [2.24, 2.45) is 0 Å². The van der Waals surface area contributed by atoms with E-state index < -0.39 is 5.97 Å². The Balaban J connectivity index is 2.45. The molecule has 1 amide bonds. The third kappa shape index (κ3) is 3.79. The predicted octanol–water partition coefficient (Wildman–Crippen LogP) is 3.84. The number of benzene rings is 1. The summed E-state index contributed by atoms with van der Waals surface area (Å²) >= 11 is 0. The summed E-state index contributed by atoms with van der Waals surface area (Å²) in [5.74, 6) is -0.690. The van der Waals surface area contributed by atoms with Gasteiger partial charge in [0.2, 0.25) is 0 Å². The Hall–Kier alpha value is -3.22. The van der Waals surface area contributed by atoms with Gasteiger partial charge in [-0.05, 0) is 49.9 Å². The van der Waals surface area contributed by atoms with Crippen LogP contribution in [0, 0.1) is 13.8 Å². The SMILES string of the molecule is CCCc1cc(C(=O)OCC)nc2c(-c3c(C)cccc3C)c(C(=O)N(C)C)nn12. The highest BCUT2D eigenvalue weighted by atomic mass is 16.5. The molecule has 0 aliphatic heterocycles. The topological polar surface area (TPSA) is 76.8 Å². The van der Waals surface area contributed by atoms with Crippen molar-refractivity contribution in [2.45, 2.75) is 40.5 Å². The van der Waals surface area contributed by atoms with E-state index in [2.05, 4.69) is 17.0 Å². The fourth-order valence-electron chi connectivity index (χ4n) is 3.62. The van der Waals surface area contributed by atoms with Crippen LogP contribution in [0.15, 0.2) is 24.3 Å². The number of esters is 1. The lowest BCUT2D eigenvalue weighted by Crippen LogP contribution is -2.23. The predicted molar refractivity (Wildman–Crippen MR) is 116 cm³/mol. The van der Waals surface area contributed by atoms with Crippen molar-refractivity contribution >= 4 is 17.5 Å². The average Bonchev–Trinajstić information content (AvgIpc) is 3.07. The molecular weight excluding hydrogens is 380 g/mol. The summed E-state index contributed by atoms with van der Waals surface area (Å²) in [6.07, 6.45) is 1.55. The van der Waals surface area contributed by atoms with E-state index in [1.807, 2.05) is 32.0 Å². The van der Waals surface area contributed by atoms with Gasteiger partial charge in [-0.25, -0.2) is 14.3 Å². The van der Waals surface area contributed by atoms with Gasteiger partial charge in [-0.3, -0.25) is 4.79 Å². The first kappa shape index (κ1) is 21.5. The second kappa shape index (κ2) is 8.65. The number of amides is 1. The summed E-state index contributed by atoms with van der Waals surface area (Å²) in [6.45, 7) is 8.08. The Bertz CT molecular complexity index is 1100. The number of aryl methyl sites for hydroxylation is 3. The van der Waals surface area contributed by atoms with Gasteiger partial charge in [-0.1, -0.05) is 31.5 Å². The molecule has 2 aromatic heterocycles. The van der Waals surface area contributed by atoms with Gasteiger partial charge < -0.3 is 9.64 Å². The number of hydrogen-bond donors (Lipinski definition) is 0. The molecule has 7 heteroatoms. The maximum atomic E-state index is 13.1. The second-order valence-electron chi connectivity index (χ2n) is 7.53. The van der Waals surface area contributed by atoms with Crippen LogP contribution in [-0.4, -0.2) is 52.1 Å². The Morgan fingerprint density at radius 2 is 1.77 bits per heavy atom. The normalized spacial score (nSPS) is 11.0. The molecule has 0 N–H and O–H groups in total. The molecule has 7 nitrogen and oxygen atoms in total. The van der Waals surface area contributed by atoms with Crippen LogP contribution >= 0.6 is 0 Å². The zero-order valence-electron chi connectivity index (χ0n) is 18.4. The van der Waals surface area contributed by atoms with E-state index in [9.17, 15) is 9.59 Å². The molecule has 0 atom stereocenters. The monoisotopic (exact) mass is 408 g/mol. The summed E-state index contributed by atoms with van der Waals surface area (Å²) in [5, 5.41) is 4.67. The fraction of sp³-hybridized carbons (Fsp3) is 0.391. The van der Waals surface area contributed by atoms with Crippen LogP contribution in [0.4, 0.5) is 0 Å². The first-order valence-corrected chi connectivity index (χ1v) is 10.2. The maximum Gasteiger partial charge on any atom is 0.357 e. The first-order valence-electron chi connectivity index (χ1n) is 10.2. The molecule has 0 fully saturated rings. The molecule has 1 aromatic carbocycles. The summed E-state index contributed by atoms with van der Waals surface area (Å²) in [6, 6.07) is 7.68. The number of aromatic nitrogens is 3. The molecule has 0 saturated heterocycles. The molecule has 30 heavy (non-hydrogen) atoms. The number of hydrogen-bond acceptors (Lipinski definition) is 5. The molecule has 0 saturated carbocycles. The Kier molecular flexibility index (Phi) is 6.20. The van der Waals surface area contributed by atoms with Gasteiger partial charge in [0.25, 0.3) is 5.91 Å². The number of nitrogens with zero attached hydrogens (tertiary/aromatic N) is 4. The molecule has 2 heterocycles. The number of rotatable bonds is 6. The minimum Gasteiger partial charge on any atom is -0.461 e. The van der Waals surface area contributed by atoms with Crippen molar-refractivity contribution in [3.05, 3.63) is 52.5 Å². The fourth-order valence-corrected chi connectivity index (χ4v) is 3.62. The van der Waals surface area contributed by atoms with Crippen molar-refractivity contribution in [1.29, 1.82) is 0 Å². The van der Waals surface area contributed by atoms with Crippen LogP contribution in [0.1, 0.15) is 58.1 Å². The minimum atomic E-state index is -0.480. The van der Waals surface area contributed by atoms with Crippen molar-refractivity contribution in [3.63, 3.8) is 0 Å². The van der Waals surface area contributed by atoms with E-state index in [1.54, 1.807) is 31.6 Å². The molecule has 0 bridgehead atoms. The van der Waals surface area contributed by atoms with Crippen LogP contribution in [0.5, 0.6) is 0 Å². The molecule has 0 unspecified atom stereocenters. The van der Waals surface area contributed by atoms with Crippen LogP contribution in [0.25, 0.3) is 16.8 Å². The minimum absolute atomic E-state index is 0.210. The molecule has 0 radical (unpaired) electrons.